The van der Waals surface area contributed by atoms with E-state index in [0.29, 0.717) is 5.92 Å². The van der Waals surface area contributed by atoms with Crippen molar-refractivity contribution in [3.8, 4) is 0 Å². The van der Waals surface area contributed by atoms with Crippen LogP contribution in [0, 0.1) is 0 Å². The zero-order valence-electron chi connectivity index (χ0n) is 10.8. The predicted octanol–water partition coefficient (Wildman–Crippen LogP) is 5.62. The summed E-state index contributed by atoms with van der Waals surface area (Å²) < 4.78 is 24.8. The molecule has 1 unspecified atom stereocenters. The molecule has 0 radical (unpaired) electrons. The topological polar surface area (TPSA) is 0 Å². The molecule has 0 aliphatic heterocycles. The molecule has 2 rings (SSSR count). The van der Waals surface area contributed by atoms with Gasteiger partial charge in [-0.05, 0) is 36.0 Å². The Morgan fingerprint density at radius 1 is 1.17 bits per heavy atom. The van der Waals surface area contributed by atoms with Crippen molar-refractivity contribution >= 4 is 0 Å². The van der Waals surface area contributed by atoms with Crippen LogP contribution in [0.5, 0.6) is 0 Å². The summed E-state index contributed by atoms with van der Waals surface area (Å²) in [5.74, 6) is 0.363. The normalized spacial score (nSPS) is 18.4. The van der Waals surface area contributed by atoms with E-state index in [2.05, 4.69) is 6.07 Å². The van der Waals surface area contributed by atoms with E-state index in [4.69, 9.17) is 0 Å². The quantitative estimate of drug-likeness (QED) is 0.653. The minimum atomic E-state index is -1.58. The van der Waals surface area contributed by atoms with Crippen LogP contribution in [-0.4, -0.2) is 0 Å². The van der Waals surface area contributed by atoms with E-state index >= 15 is 0 Å². The Balaban J connectivity index is 2.27. The van der Waals surface area contributed by atoms with Gasteiger partial charge < -0.3 is 0 Å². The van der Waals surface area contributed by atoms with Crippen molar-refractivity contribution in [3.63, 3.8) is 0 Å². The minimum Gasteiger partial charge on any atom is -0.174 e. The summed E-state index contributed by atoms with van der Waals surface area (Å²) in [4.78, 5) is 0. The molecule has 1 aromatic carbocycles. The molecule has 0 bridgehead atoms. The Morgan fingerprint density at radius 3 is 2.50 bits per heavy atom. The lowest BCUT2D eigenvalue weighted by atomic mass is 9.80. The van der Waals surface area contributed by atoms with Crippen LogP contribution in [0.2, 0.25) is 0 Å². The second kappa shape index (κ2) is 6.12. The molecule has 0 spiro atoms. The third kappa shape index (κ3) is 3.18. The third-order valence-electron chi connectivity index (χ3n) is 3.91. The monoisotopic (exact) mass is 250 g/mol. The zero-order chi connectivity index (χ0) is 13.0. The lowest BCUT2D eigenvalue weighted by Crippen LogP contribution is -2.08. The molecule has 1 saturated carbocycles. The van der Waals surface area contributed by atoms with E-state index in [9.17, 15) is 8.78 Å². The fourth-order valence-electron chi connectivity index (χ4n) is 2.99. The van der Waals surface area contributed by atoms with Gasteiger partial charge in [0.2, 0.25) is 0 Å². The summed E-state index contributed by atoms with van der Waals surface area (Å²) in [7, 11) is 0. The van der Waals surface area contributed by atoms with E-state index in [1.165, 1.54) is 37.7 Å². The summed E-state index contributed by atoms with van der Waals surface area (Å²) in [6.45, 7) is 1.85. The molecule has 98 valence electrons. The van der Waals surface area contributed by atoms with Gasteiger partial charge in [0.15, 0.2) is 0 Å². The van der Waals surface area contributed by atoms with Crippen LogP contribution in [0.4, 0.5) is 8.78 Å². The average molecular weight is 250 g/mol. The van der Waals surface area contributed by atoms with E-state index < -0.39 is 6.08 Å². The van der Waals surface area contributed by atoms with Crippen molar-refractivity contribution < 1.29 is 8.78 Å². The largest absolute Gasteiger partial charge is 0.266 e. The Kier molecular flexibility index (Phi) is 4.51. The Morgan fingerprint density at radius 2 is 1.83 bits per heavy atom. The highest BCUT2D eigenvalue weighted by molar-refractivity contribution is 5.35. The van der Waals surface area contributed by atoms with Crippen LogP contribution in [-0.2, 0) is 0 Å². The zero-order valence-corrected chi connectivity index (χ0v) is 10.8. The molecule has 2 heteroatoms. The molecule has 1 aliphatic rings. The molecular formula is C16H20F2. The maximum absolute atomic E-state index is 12.4. The number of allylic oxidation sites excluding steroid dienone is 1. The molecule has 1 aromatic rings. The molecule has 0 heterocycles. The molecule has 1 atom stereocenters. The summed E-state index contributed by atoms with van der Waals surface area (Å²) in [5.41, 5.74) is 2.35. The van der Waals surface area contributed by atoms with Gasteiger partial charge in [-0.25, -0.2) is 0 Å². The summed E-state index contributed by atoms with van der Waals surface area (Å²) in [6.07, 6.45) is 5.72. The Bertz CT molecular complexity index is 413. The van der Waals surface area contributed by atoms with Crippen molar-refractivity contribution in [3.05, 3.63) is 47.5 Å². The minimum absolute atomic E-state index is 0.201. The summed E-state index contributed by atoms with van der Waals surface area (Å²) >= 11 is 0. The van der Waals surface area contributed by atoms with E-state index in [-0.39, 0.29) is 5.92 Å². The van der Waals surface area contributed by atoms with Crippen molar-refractivity contribution in [1.29, 1.82) is 0 Å². The molecular weight excluding hydrogens is 230 g/mol. The van der Waals surface area contributed by atoms with Gasteiger partial charge in [0.1, 0.15) is 0 Å². The Labute approximate surface area is 108 Å². The smallest absolute Gasteiger partial charge is 0.174 e. The number of hydrogen-bond acceptors (Lipinski definition) is 0. The van der Waals surface area contributed by atoms with Gasteiger partial charge in [0.05, 0.1) is 0 Å². The number of hydrogen-bond donors (Lipinski definition) is 0. The van der Waals surface area contributed by atoms with Crippen LogP contribution < -0.4 is 0 Å². The van der Waals surface area contributed by atoms with E-state index in [1.54, 1.807) is 0 Å². The van der Waals surface area contributed by atoms with Gasteiger partial charge in [-0.1, -0.05) is 50.5 Å². The molecule has 0 saturated heterocycles. The lowest BCUT2D eigenvalue weighted by molar-refractivity contribution is 0.415. The Hall–Kier alpha value is -1.18. The van der Waals surface area contributed by atoms with Crippen LogP contribution in [0.15, 0.2) is 36.4 Å². The molecule has 1 aliphatic carbocycles. The highest BCUT2D eigenvalue weighted by Crippen LogP contribution is 2.37. The molecule has 0 amide bonds. The fraction of sp³-hybridized carbons (Fsp3) is 0.500. The number of rotatable bonds is 3. The van der Waals surface area contributed by atoms with Crippen molar-refractivity contribution in [1.82, 2.24) is 0 Å². The van der Waals surface area contributed by atoms with Crippen molar-refractivity contribution in [2.75, 3.05) is 0 Å². The molecule has 0 nitrogen and oxygen atoms in total. The van der Waals surface area contributed by atoms with Crippen LogP contribution >= 0.6 is 0 Å². The van der Waals surface area contributed by atoms with Gasteiger partial charge in [-0.2, -0.15) is 8.78 Å². The van der Waals surface area contributed by atoms with Crippen LogP contribution in [0.25, 0.3) is 0 Å². The van der Waals surface area contributed by atoms with Gasteiger partial charge in [-0.15, -0.1) is 0 Å². The van der Waals surface area contributed by atoms with Crippen molar-refractivity contribution in [2.24, 2.45) is 0 Å². The fourth-order valence-corrected chi connectivity index (χ4v) is 2.99. The maximum Gasteiger partial charge on any atom is 0.266 e. The molecule has 0 N–H and O–H groups in total. The first-order valence-electron chi connectivity index (χ1n) is 6.80. The standard InChI is InChI=1S/C16H20F2/c1-12(11-16(17)18)14-9-5-6-10-15(14)13-7-3-2-4-8-13/h5-6,9-13H,2-4,7-8H2,1H3. The van der Waals surface area contributed by atoms with Crippen LogP contribution in [0.1, 0.15) is 62.0 Å². The van der Waals surface area contributed by atoms with Gasteiger partial charge in [0, 0.05) is 5.92 Å². The first-order chi connectivity index (χ1) is 8.68. The third-order valence-corrected chi connectivity index (χ3v) is 3.91. The highest BCUT2D eigenvalue weighted by atomic mass is 19.3. The lowest BCUT2D eigenvalue weighted by Gasteiger charge is -2.25. The predicted molar refractivity (Wildman–Crippen MR) is 71.0 cm³/mol. The second-order valence-corrected chi connectivity index (χ2v) is 5.21. The van der Waals surface area contributed by atoms with Crippen LogP contribution in [0.3, 0.4) is 0 Å². The van der Waals surface area contributed by atoms with Gasteiger partial charge >= 0.3 is 0 Å². The number of halogens is 2. The van der Waals surface area contributed by atoms with E-state index in [0.717, 1.165) is 11.6 Å². The van der Waals surface area contributed by atoms with Gasteiger partial charge in [-0.3, -0.25) is 0 Å². The maximum atomic E-state index is 12.4. The summed E-state index contributed by atoms with van der Waals surface area (Å²) in [6, 6.07) is 8.08. The first kappa shape index (κ1) is 13.3. The van der Waals surface area contributed by atoms with Gasteiger partial charge in [0.25, 0.3) is 6.08 Å². The first-order valence-corrected chi connectivity index (χ1v) is 6.80. The molecule has 0 aromatic heterocycles. The average Bonchev–Trinajstić information content (AvgIpc) is 2.39. The SMILES string of the molecule is CC(C=C(F)F)c1ccccc1C1CCCCC1. The molecule has 1 fully saturated rings. The second-order valence-electron chi connectivity index (χ2n) is 5.21. The summed E-state index contributed by atoms with van der Waals surface area (Å²) in [5, 5.41) is 0. The van der Waals surface area contributed by atoms with E-state index in [1.807, 2.05) is 25.1 Å². The number of benzene rings is 1. The highest BCUT2D eigenvalue weighted by Gasteiger charge is 2.19. The van der Waals surface area contributed by atoms with Crippen molar-refractivity contribution in [2.45, 2.75) is 50.9 Å². The molecule has 18 heavy (non-hydrogen) atoms.